The molecule has 150 valence electrons. The van der Waals surface area contributed by atoms with Crippen molar-refractivity contribution in [1.82, 2.24) is 0 Å². The van der Waals surface area contributed by atoms with Crippen molar-refractivity contribution in [2.24, 2.45) is 0 Å². The van der Waals surface area contributed by atoms with Crippen molar-refractivity contribution in [3.8, 4) is 11.5 Å². The van der Waals surface area contributed by atoms with Gasteiger partial charge >= 0.3 is 5.97 Å². The lowest BCUT2D eigenvalue weighted by Gasteiger charge is -2.07. The number of carbonyl (C=O) groups is 2. The Morgan fingerprint density at radius 2 is 1.93 bits per heavy atom. The second kappa shape index (κ2) is 9.36. The minimum atomic E-state index is -0.702. The number of hydrogen-bond acceptors (Lipinski definition) is 7. The second-order valence-electron chi connectivity index (χ2n) is 6.05. The van der Waals surface area contributed by atoms with Gasteiger partial charge in [0.1, 0.15) is 0 Å². The van der Waals surface area contributed by atoms with Crippen molar-refractivity contribution in [3.63, 3.8) is 0 Å². The lowest BCUT2D eigenvalue weighted by Crippen LogP contribution is -2.20. The summed E-state index contributed by atoms with van der Waals surface area (Å²) in [5.41, 5.74) is 0.799. The van der Waals surface area contributed by atoms with Crippen molar-refractivity contribution >= 4 is 29.3 Å². The van der Waals surface area contributed by atoms with Gasteiger partial charge < -0.3 is 19.5 Å². The van der Waals surface area contributed by atoms with Crippen LogP contribution in [-0.2, 0) is 14.3 Å². The summed E-state index contributed by atoms with van der Waals surface area (Å²) in [6.07, 6.45) is 3.53. The Kier molecular flexibility index (Phi) is 6.41. The number of rotatable bonds is 6. The van der Waals surface area contributed by atoms with E-state index >= 15 is 0 Å². The van der Waals surface area contributed by atoms with Crippen LogP contribution in [0.1, 0.15) is 12.0 Å². The average molecular weight is 398 g/mol. The molecule has 1 N–H and O–H groups in total. The lowest BCUT2D eigenvalue weighted by atomic mass is 10.2. The van der Waals surface area contributed by atoms with Crippen LogP contribution in [-0.4, -0.2) is 36.6 Å². The smallest absolute Gasteiger partial charge is 0.331 e. The number of nitro groups is 1. The minimum absolute atomic E-state index is 0.155. The van der Waals surface area contributed by atoms with Gasteiger partial charge in [-0.3, -0.25) is 14.9 Å². The maximum absolute atomic E-state index is 11.9. The van der Waals surface area contributed by atoms with Gasteiger partial charge in [0.05, 0.1) is 18.1 Å². The Hall–Kier alpha value is -3.88. The zero-order chi connectivity index (χ0) is 20.6. The van der Waals surface area contributed by atoms with Crippen LogP contribution in [0.25, 0.3) is 6.08 Å². The number of nitro benzene ring substituents is 1. The Morgan fingerprint density at radius 3 is 2.72 bits per heavy atom. The van der Waals surface area contributed by atoms with Crippen LogP contribution in [0.5, 0.6) is 11.5 Å². The SMILES string of the molecule is O=C(COC(=O)/C=C/c1ccc2c(c1)OCCCO2)Nc1cccc([N+](=O)[O-])c1. The van der Waals surface area contributed by atoms with Crippen LogP contribution in [0.15, 0.2) is 48.5 Å². The van der Waals surface area contributed by atoms with Crippen molar-refractivity contribution in [1.29, 1.82) is 0 Å². The van der Waals surface area contributed by atoms with Crippen molar-refractivity contribution in [2.75, 3.05) is 25.1 Å². The van der Waals surface area contributed by atoms with Gasteiger partial charge in [0.25, 0.3) is 11.6 Å². The molecule has 3 rings (SSSR count). The van der Waals surface area contributed by atoms with Crippen LogP contribution in [0.4, 0.5) is 11.4 Å². The summed E-state index contributed by atoms with van der Waals surface area (Å²) in [4.78, 5) is 33.8. The fourth-order valence-electron chi connectivity index (χ4n) is 2.53. The maximum Gasteiger partial charge on any atom is 0.331 e. The van der Waals surface area contributed by atoms with Crippen molar-refractivity contribution in [2.45, 2.75) is 6.42 Å². The molecule has 0 atom stereocenters. The monoisotopic (exact) mass is 398 g/mol. The van der Waals surface area contributed by atoms with Gasteiger partial charge in [0.2, 0.25) is 0 Å². The summed E-state index contributed by atoms with van der Waals surface area (Å²) in [6, 6.07) is 10.7. The molecule has 0 unspecified atom stereocenters. The first kappa shape index (κ1) is 19.9. The van der Waals surface area contributed by atoms with E-state index in [4.69, 9.17) is 14.2 Å². The van der Waals surface area contributed by atoms with Gasteiger partial charge in [0, 0.05) is 30.3 Å². The molecule has 0 fully saturated rings. The first-order valence-corrected chi connectivity index (χ1v) is 8.80. The molecule has 9 heteroatoms. The van der Waals surface area contributed by atoms with E-state index in [1.165, 1.54) is 36.4 Å². The Bertz CT molecular complexity index is 956. The molecule has 0 aliphatic carbocycles. The van der Waals surface area contributed by atoms with E-state index in [9.17, 15) is 19.7 Å². The summed E-state index contributed by atoms with van der Waals surface area (Å²) in [7, 11) is 0. The summed E-state index contributed by atoms with van der Waals surface area (Å²) in [5.74, 6) is -0.0523. The highest BCUT2D eigenvalue weighted by atomic mass is 16.6. The number of benzene rings is 2. The van der Waals surface area contributed by atoms with Crippen molar-refractivity contribution < 1.29 is 28.7 Å². The average Bonchev–Trinajstić information content (AvgIpc) is 2.96. The Morgan fingerprint density at radius 1 is 1.14 bits per heavy atom. The molecule has 0 bridgehead atoms. The highest BCUT2D eigenvalue weighted by molar-refractivity contribution is 5.94. The number of anilines is 1. The summed E-state index contributed by atoms with van der Waals surface area (Å²) >= 11 is 0. The Balaban J connectivity index is 1.50. The number of fused-ring (bicyclic) bond motifs is 1. The lowest BCUT2D eigenvalue weighted by molar-refractivity contribution is -0.384. The first-order valence-electron chi connectivity index (χ1n) is 8.80. The number of carbonyl (C=O) groups excluding carboxylic acids is 2. The van der Waals surface area contributed by atoms with E-state index in [1.54, 1.807) is 18.2 Å². The molecule has 0 spiro atoms. The number of nitrogens with zero attached hydrogens (tertiary/aromatic N) is 1. The van der Waals surface area contributed by atoms with Crippen LogP contribution in [0, 0.1) is 10.1 Å². The molecular weight excluding hydrogens is 380 g/mol. The molecule has 2 aromatic carbocycles. The number of ether oxygens (including phenoxy) is 3. The quantitative estimate of drug-likeness (QED) is 0.344. The molecular formula is C20H18N2O7. The number of amides is 1. The van der Waals surface area contributed by atoms with Gasteiger partial charge in [-0.2, -0.15) is 0 Å². The largest absolute Gasteiger partial charge is 0.490 e. The minimum Gasteiger partial charge on any atom is -0.490 e. The first-order chi connectivity index (χ1) is 14.0. The summed E-state index contributed by atoms with van der Waals surface area (Å²) < 4.78 is 16.0. The van der Waals surface area contributed by atoms with E-state index in [0.29, 0.717) is 30.3 Å². The summed E-state index contributed by atoms with van der Waals surface area (Å²) in [6.45, 7) is 0.627. The van der Waals surface area contributed by atoms with E-state index in [1.807, 2.05) is 0 Å². The van der Waals surface area contributed by atoms with E-state index in [2.05, 4.69) is 5.32 Å². The molecule has 1 amide bonds. The number of hydrogen-bond donors (Lipinski definition) is 1. The van der Waals surface area contributed by atoms with Gasteiger partial charge in [0.15, 0.2) is 18.1 Å². The molecule has 1 aliphatic rings. The number of non-ortho nitro benzene ring substituents is 1. The van der Waals surface area contributed by atoms with E-state index in [-0.39, 0.29) is 11.4 Å². The molecule has 1 heterocycles. The molecule has 29 heavy (non-hydrogen) atoms. The van der Waals surface area contributed by atoms with E-state index in [0.717, 1.165) is 6.42 Å². The van der Waals surface area contributed by atoms with Crippen LogP contribution >= 0.6 is 0 Å². The van der Waals surface area contributed by atoms with Crippen LogP contribution in [0.3, 0.4) is 0 Å². The van der Waals surface area contributed by atoms with Crippen LogP contribution in [0.2, 0.25) is 0 Å². The normalized spacial score (nSPS) is 12.8. The van der Waals surface area contributed by atoms with Gasteiger partial charge in [-0.05, 0) is 29.8 Å². The highest BCUT2D eigenvalue weighted by Gasteiger charge is 2.11. The molecule has 0 saturated heterocycles. The van der Waals surface area contributed by atoms with Gasteiger partial charge in [-0.1, -0.05) is 12.1 Å². The molecule has 1 aliphatic heterocycles. The topological polar surface area (TPSA) is 117 Å². The van der Waals surface area contributed by atoms with Gasteiger partial charge in [-0.25, -0.2) is 4.79 Å². The standard InChI is InChI=1S/C20H18N2O7/c23-19(21-15-3-1-4-16(12-15)22(25)26)13-29-20(24)8-6-14-5-7-17-18(11-14)28-10-2-9-27-17/h1,3-8,11-12H,2,9-10,13H2,(H,21,23)/b8-6+. The van der Waals surface area contributed by atoms with E-state index < -0.39 is 23.4 Å². The number of esters is 1. The number of nitrogens with one attached hydrogen (secondary N) is 1. The molecule has 0 saturated carbocycles. The summed E-state index contributed by atoms with van der Waals surface area (Å²) in [5, 5.41) is 13.2. The second-order valence-corrected chi connectivity index (χ2v) is 6.05. The fourth-order valence-corrected chi connectivity index (χ4v) is 2.53. The fraction of sp³-hybridized carbons (Fsp3) is 0.200. The molecule has 9 nitrogen and oxygen atoms in total. The zero-order valence-corrected chi connectivity index (χ0v) is 15.3. The molecule has 0 aromatic heterocycles. The Labute approximate surface area is 166 Å². The third-order valence-corrected chi connectivity index (χ3v) is 3.87. The predicted molar refractivity (Wildman–Crippen MR) is 104 cm³/mol. The molecule has 0 radical (unpaired) electrons. The molecule has 2 aromatic rings. The van der Waals surface area contributed by atoms with Gasteiger partial charge in [-0.15, -0.1) is 0 Å². The van der Waals surface area contributed by atoms with Crippen molar-refractivity contribution in [3.05, 3.63) is 64.2 Å². The van der Waals surface area contributed by atoms with Crippen LogP contribution < -0.4 is 14.8 Å². The zero-order valence-electron chi connectivity index (χ0n) is 15.3. The maximum atomic E-state index is 11.9. The third-order valence-electron chi connectivity index (χ3n) is 3.87. The third kappa shape index (κ3) is 5.80. The highest BCUT2D eigenvalue weighted by Crippen LogP contribution is 2.30. The predicted octanol–water partition coefficient (Wildman–Crippen LogP) is 2.95.